The summed E-state index contributed by atoms with van der Waals surface area (Å²) in [5.41, 5.74) is 0.650. The highest BCUT2D eigenvalue weighted by Gasteiger charge is 2.53. The lowest BCUT2D eigenvalue weighted by molar-refractivity contribution is -0.139. The van der Waals surface area contributed by atoms with E-state index in [1.165, 1.54) is 6.08 Å². The molecule has 0 radical (unpaired) electrons. The van der Waals surface area contributed by atoms with Gasteiger partial charge in [-0.2, -0.15) is 0 Å². The molecule has 1 spiro atoms. The number of piperidine rings is 1. The van der Waals surface area contributed by atoms with Crippen molar-refractivity contribution in [3.8, 4) is 0 Å². The van der Waals surface area contributed by atoms with Crippen molar-refractivity contribution in [2.75, 3.05) is 31.7 Å². The van der Waals surface area contributed by atoms with Crippen molar-refractivity contribution >= 4 is 39.3 Å². The van der Waals surface area contributed by atoms with Gasteiger partial charge in [-0.3, -0.25) is 14.4 Å². The lowest BCUT2D eigenvalue weighted by Gasteiger charge is -2.44. The lowest BCUT2D eigenvalue weighted by atomic mass is 9.85. The quantitative estimate of drug-likeness (QED) is 0.556. The maximum absolute atomic E-state index is 14.5. The number of allylic oxidation sites excluding steroid dienone is 2. The molecular formula is C27H32BrFN4O3. The van der Waals surface area contributed by atoms with Gasteiger partial charge in [-0.25, -0.2) is 4.39 Å². The van der Waals surface area contributed by atoms with Gasteiger partial charge in [0.15, 0.2) is 0 Å². The van der Waals surface area contributed by atoms with E-state index in [0.717, 1.165) is 10.2 Å². The molecule has 36 heavy (non-hydrogen) atoms. The zero-order valence-electron chi connectivity index (χ0n) is 20.9. The van der Waals surface area contributed by atoms with Gasteiger partial charge >= 0.3 is 0 Å². The fraction of sp³-hybridized carbons (Fsp3) is 0.444. The molecular weight excluding hydrogens is 527 g/mol. The van der Waals surface area contributed by atoms with Gasteiger partial charge in [-0.1, -0.05) is 41.6 Å². The smallest absolute Gasteiger partial charge is 0.254 e. The number of nitrogens with one attached hydrogen (secondary N) is 1. The van der Waals surface area contributed by atoms with Crippen LogP contribution in [-0.4, -0.2) is 65.9 Å². The summed E-state index contributed by atoms with van der Waals surface area (Å²) in [6.07, 6.45) is 4.70. The first-order valence-corrected chi connectivity index (χ1v) is 12.9. The number of hydrogen-bond donors (Lipinski definition) is 1. The van der Waals surface area contributed by atoms with Crippen LogP contribution in [0.1, 0.15) is 33.1 Å². The van der Waals surface area contributed by atoms with Crippen molar-refractivity contribution in [2.45, 2.75) is 44.7 Å². The second kappa shape index (κ2) is 10.2. The van der Waals surface area contributed by atoms with E-state index < -0.39 is 23.3 Å². The molecule has 2 fully saturated rings. The SMILES string of the molecule is C=C(C)[C@@H](NC(=O)C1=C(F)C(C)CC=C1)C(=O)N1CCC2(CC1)C(=O)N(C)CN2c1ccc(Br)cc1. The second-order valence-electron chi connectivity index (χ2n) is 9.96. The standard InChI is InChI=1S/C27H32BrFN4O3/c1-17(2)23(30-24(34)21-7-5-6-18(3)22(21)29)25(35)32-14-12-27(13-15-32)26(36)31(4)16-33(27)20-10-8-19(28)9-11-20/h5,7-11,18,23H,1,6,12-16H2,2-4H3,(H,30,34)/t18?,23-/m1/s1. The predicted molar refractivity (Wildman–Crippen MR) is 141 cm³/mol. The molecule has 3 aliphatic rings. The van der Waals surface area contributed by atoms with Crippen molar-refractivity contribution < 1.29 is 18.8 Å². The lowest BCUT2D eigenvalue weighted by Crippen LogP contribution is -2.59. The number of carbonyl (C=O) groups is 3. The molecule has 1 aliphatic carbocycles. The second-order valence-corrected chi connectivity index (χ2v) is 10.9. The van der Waals surface area contributed by atoms with Crippen molar-refractivity contribution in [3.05, 3.63) is 64.4 Å². The first-order chi connectivity index (χ1) is 17.0. The minimum Gasteiger partial charge on any atom is -0.340 e. The number of hydrogen-bond acceptors (Lipinski definition) is 4. The number of rotatable bonds is 5. The molecule has 9 heteroatoms. The van der Waals surface area contributed by atoms with E-state index in [9.17, 15) is 18.8 Å². The highest BCUT2D eigenvalue weighted by molar-refractivity contribution is 9.10. The summed E-state index contributed by atoms with van der Waals surface area (Å²) in [5, 5.41) is 2.68. The molecule has 2 saturated heterocycles. The molecule has 0 saturated carbocycles. The first kappa shape index (κ1) is 26.1. The Morgan fingerprint density at radius 2 is 1.86 bits per heavy atom. The van der Waals surface area contributed by atoms with E-state index in [-0.39, 0.29) is 23.3 Å². The molecule has 1 aromatic carbocycles. The minimum atomic E-state index is -0.970. The Balaban J connectivity index is 1.49. The maximum atomic E-state index is 14.5. The number of nitrogens with zero attached hydrogens (tertiary/aromatic N) is 3. The van der Waals surface area contributed by atoms with Crippen LogP contribution in [0.4, 0.5) is 10.1 Å². The summed E-state index contributed by atoms with van der Waals surface area (Å²) >= 11 is 3.46. The van der Waals surface area contributed by atoms with Crippen molar-refractivity contribution in [1.29, 1.82) is 0 Å². The molecule has 0 aromatic heterocycles. The van der Waals surface area contributed by atoms with Gasteiger partial charge in [0.2, 0.25) is 11.8 Å². The van der Waals surface area contributed by atoms with E-state index in [4.69, 9.17) is 0 Å². The van der Waals surface area contributed by atoms with Crippen LogP contribution in [0.5, 0.6) is 0 Å². The average molecular weight is 559 g/mol. The van der Waals surface area contributed by atoms with E-state index in [0.29, 0.717) is 44.6 Å². The van der Waals surface area contributed by atoms with Gasteiger partial charge in [-0.05, 0) is 56.0 Å². The number of likely N-dealkylation sites (N-methyl/N-ethyl adjacent to an activating group) is 1. The monoisotopic (exact) mass is 558 g/mol. The maximum Gasteiger partial charge on any atom is 0.254 e. The van der Waals surface area contributed by atoms with Crippen molar-refractivity contribution in [1.82, 2.24) is 15.1 Å². The number of likely N-dealkylation sites (tertiary alicyclic amines) is 1. The van der Waals surface area contributed by atoms with E-state index in [1.54, 1.807) is 36.8 Å². The molecule has 192 valence electrons. The number of carbonyl (C=O) groups excluding carboxylic acids is 3. The third kappa shape index (κ3) is 4.73. The number of halogens is 2. The zero-order chi connectivity index (χ0) is 26.2. The van der Waals surface area contributed by atoms with Crippen LogP contribution in [0, 0.1) is 5.92 Å². The van der Waals surface area contributed by atoms with E-state index in [2.05, 4.69) is 32.7 Å². The fourth-order valence-electron chi connectivity index (χ4n) is 5.22. The largest absolute Gasteiger partial charge is 0.340 e. The van der Waals surface area contributed by atoms with Gasteiger partial charge in [0.1, 0.15) is 17.4 Å². The van der Waals surface area contributed by atoms with Gasteiger partial charge in [-0.15, -0.1) is 0 Å². The third-order valence-corrected chi connectivity index (χ3v) is 7.91. The Morgan fingerprint density at radius 1 is 1.22 bits per heavy atom. The normalized spacial score (nSPS) is 22.3. The summed E-state index contributed by atoms with van der Waals surface area (Å²) in [4.78, 5) is 45.1. The molecule has 2 aliphatic heterocycles. The van der Waals surface area contributed by atoms with Gasteiger partial charge in [0.25, 0.3) is 5.91 Å². The molecule has 4 rings (SSSR count). The van der Waals surface area contributed by atoms with Gasteiger partial charge in [0.05, 0.1) is 12.2 Å². The molecule has 7 nitrogen and oxygen atoms in total. The summed E-state index contributed by atoms with van der Waals surface area (Å²) in [7, 11) is 1.79. The highest BCUT2D eigenvalue weighted by Crippen LogP contribution is 2.39. The van der Waals surface area contributed by atoms with Crippen molar-refractivity contribution in [3.63, 3.8) is 0 Å². The molecule has 1 unspecified atom stereocenters. The van der Waals surface area contributed by atoms with Crippen LogP contribution in [0.15, 0.2) is 64.4 Å². The Morgan fingerprint density at radius 3 is 2.47 bits per heavy atom. The number of benzene rings is 1. The third-order valence-electron chi connectivity index (χ3n) is 7.38. The number of anilines is 1. The highest BCUT2D eigenvalue weighted by atomic mass is 79.9. The average Bonchev–Trinajstić information content (AvgIpc) is 3.09. The summed E-state index contributed by atoms with van der Waals surface area (Å²) in [6.45, 7) is 8.48. The predicted octanol–water partition coefficient (Wildman–Crippen LogP) is 3.93. The minimum absolute atomic E-state index is 0.0443. The van der Waals surface area contributed by atoms with Crippen LogP contribution >= 0.6 is 15.9 Å². The first-order valence-electron chi connectivity index (χ1n) is 12.1. The Hall–Kier alpha value is -2.94. The van der Waals surface area contributed by atoms with Crippen molar-refractivity contribution in [2.24, 2.45) is 5.92 Å². The summed E-state index contributed by atoms with van der Waals surface area (Å²) < 4.78 is 15.5. The van der Waals surface area contributed by atoms with Crippen LogP contribution in [0.3, 0.4) is 0 Å². The van der Waals surface area contributed by atoms with Gasteiger partial charge < -0.3 is 20.0 Å². The molecule has 2 heterocycles. The zero-order valence-corrected chi connectivity index (χ0v) is 22.5. The van der Waals surface area contributed by atoms with Crippen LogP contribution in [-0.2, 0) is 14.4 Å². The fourth-order valence-corrected chi connectivity index (χ4v) is 5.49. The van der Waals surface area contributed by atoms with Crippen LogP contribution in [0.25, 0.3) is 0 Å². The Kier molecular flexibility index (Phi) is 7.41. The molecule has 1 N–H and O–H groups in total. The molecule has 0 bridgehead atoms. The Labute approximate surface area is 219 Å². The van der Waals surface area contributed by atoms with E-state index >= 15 is 0 Å². The summed E-state index contributed by atoms with van der Waals surface area (Å²) in [6, 6.07) is 6.89. The summed E-state index contributed by atoms with van der Waals surface area (Å²) in [5.74, 6) is -1.72. The molecule has 1 aromatic rings. The topological polar surface area (TPSA) is 73.0 Å². The van der Waals surface area contributed by atoms with Crippen LogP contribution in [0.2, 0.25) is 0 Å². The van der Waals surface area contributed by atoms with Crippen LogP contribution < -0.4 is 10.2 Å². The Bertz CT molecular complexity index is 1140. The molecule has 3 amide bonds. The van der Waals surface area contributed by atoms with Gasteiger partial charge in [0, 0.05) is 36.2 Å². The number of amides is 3. The van der Waals surface area contributed by atoms with E-state index in [1.807, 2.05) is 24.3 Å². The molecule has 2 atom stereocenters.